The lowest BCUT2D eigenvalue weighted by molar-refractivity contribution is 1.62. The molecule has 0 spiro atoms. The van der Waals surface area contributed by atoms with Gasteiger partial charge in [0.1, 0.15) is 0 Å². The Morgan fingerprint density at radius 2 is 0.583 bits per heavy atom. The van der Waals surface area contributed by atoms with Crippen LogP contribution in [0.3, 0.4) is 0 Å². The summed E-state index contributed by atoms with van der Waals surface area (Å²) >= 11 is 71.4. The summed E-state index contributed by atoms with van der Waals surface area (Å²) in [5.41, 5.74) is 7.70. The van der Waals surface area contributed by atoms with Crippen LogP contribution < -0.4 is 0 Å². The van der Waals surface area contributed by atoms with Crippen LogP contribution in [0.2, 0.25) is 60.3 Å². The number of hydrogen-bond donors (Lipinski definition) is 0. The maximum atomic E-state index is 6.11. The summed E-state index contributed by atoms with van der Waals surface area (Å²) in [4.78, 5) is 0. The molecule has 0 unspecified atom stereocenters. The quantitative estimate of drug-likeness (QED) is 0.154. The molecule has 12 heteroatoms. The highest BCUT2D eigenvalue weighted by Crippen LogP contribution is 2.37. The van der Waals surface area contributed by atoms with Crippen LogP contribution in [-0.4, -0.2) is 0 Å². The number of benzene rings is 8. The average molecular weight is 1030 g/mol. The van der Waals surface area contributed by atoms with Crippen LogP contribution in [0.1, 0.15) is 0 Å². The lowest BCUT2D eigenvalue weighted by Crippen LogP contribution is -1.80. The lowest BCUT2D eigenvalue weighted by atomic mass is 10.1. The minimum atomic E-state index is 0.473. The highest BCUT2D eigenvalue weighted by Gasteiger charge is 2.10. The predicted octanol–water partition coefficient (Wildman–Crippen LogP) is 21.3. The Bertz CT molecular complexity index is 2650. The van der Waals surface area contributed by atoms with Gasteiger partial charge in [0.2, 0.25) is 0 Å². The molecule has 0 aliphatic carbocycles. The first-order valence-corrected chi connectivity index (χ1v) is 22.1. The van der Waals surface area contributed by atoms with E-state index in [1.807, 2.05) is 133 Å². The van der Waals surface area contributed by atoms with Gasteiger partial charge in [-0.1, -0.05) is 230 Å². The third-order valence-electron chi connectivity index (χ3n) is 8.34. The van der Waals surface area contributed by atoms with E-state index >= 15 is 0 Å². The fourth-order valence-electron chi connectivity index (χ4n) is 5.45. The van der Waals surface area contributed by atoms with Crippen LogP contribution in [0.15, 0.2) is 170 Å². The van der Waals surface area contributed by atoms with Crippen molar-refractivity contribution in [2.24, 2.45) is 0 Å². The summed E-state index contributed by atoms with van der Waals surface area (Å²) in [6.07, 6.45) is 0. The van der Waals surface area contributed by atoms with Crippen LogP contribution in [-0.2, 0) is 0 Å². The zero-order chi connectivity index (χ0) is 43.3. The van der Waals surface area contributed by atoms with E-state index < -0.39 is 0 Å². The summed E-state index contributed by atoms with van der Waals surface area (Å²) in [6.45, 7) is 0. The second-order valence-electron chi connectivity index (χ2n) is 12.5. The Morgan fingerprint density at radius 1 is 0.200 bits per heavy atom. The molecule has 8 aromatic carbocycles. The molecule has 0 nitrogen and oxygen atoms in total. The zero-order valence-corrected chi connectivity index (χ0v) is 39.8. The SMILES string of the molecule is Clc1cc(Cl)c(-c2ccccc2)cc1Cl.Clc1cc(Cl)c(Cl)c(-c2ccccc2)c1.Clc1ccc(-c2cc(Cl)ccc2Cl)cc1.Clc1ccc(-c2ccc(Cl)cc2Cl)cc1. The van der Waals surface area contributed by atoms with Gasteiger partial charge in [0.05, 0.1) is 20.1 Å². The average Bonchev–Trinajstić information content (AvgIpc) is 3.24. The summed E-state index contributed by atoms with van der Waals surface area (Å²) in [5.74, 6) is 0. The van der Waals surface area contributed by atoms with Gasteiger partial charge in [-0.05, 0) is 101 Å². The topological polar surface area (TPSA) is 0 Å². The van der Waals surface area contributed by atoms with Gasteiger partial charge >= 0.3 is 0 Å². The van der Waals surface area contributed by atoms with Crippen LogP contribution in [0.5, 0.6) is 0 Å². The molecular formula is C48H28Cl12. The Kier molecular flexibility index (Phi) is 19.0. The van der Waals surface area contributed by atoms with Crippen LogP contribution in [0.25, 0.3) is 44.5 Å². The van der Waals surface area contributed by atoms with Crippen molar-refractivity contribution in [3.8, 4) is 44.5 Å². The van der Waals surface area contributed by atoms with Crippen molar-refractivity contribution in [3.05, 3.63) is 230 Å². The van der Waals surface area contributed by atoms with E-state index in [4.69, 9.17) is 139 Å². The van der Waals surface area contributed by atoms with Crippen molar-refractivity contribution in [1.82, 2.24) is 0 Å². The zero-order valence-electron chi connectivity index (χ0n) is 30.7. The van der Waals surface area contributed by atoms with Gasteiger partial charge in [0.15, 0.2) is 0 Å². The minimum absolute atomic E-state index is 0.473. The summed E-state index contributed by atoms with van der Waals surface area (Å²) in [5, 5.41) is 7.24. The van der Waals surface area contributed by atoms with Gasteiger partial charge in [-0.15, -0.1) is 0 Å². The highest BCUT2D eigenvalue weighted by molar-refractivity contribution is 6.45. The van der Waals surface area contributed by atoms with Gasteiger partial charge in [0, 0.05) is 62.4 Å². The molecule has 0 saturated carbocycles. The van der Waals surface area contributed by atoms with Crippen LogP contribution >= 0.6 is 139 Å². The van der Waals surface area contributed by atoms with Crippen LogP contribution in [0, 0.1) is 0 Å². The molecule has 0 fully saturated rings. The lowest BCUT2D eigenvalue weighted by Gasteiger charge is -2.06. The molecule has 0 saturated heterocycles. The number of rotatable bonds is 4. The molecular weight excluding hydrogens is 1000 g/mol. The highest BCUT2D eigenvalue weighted by atomic mass is 35.5. The number of hydrogen-bond acceptors (Lipinski definition) is 0. The minimum Gasteiger partial charge on any atom is -0.0843 e. The largest absolute Gasteiger partial charge is 0.0843 e. The van der Waals surface area contributed by atoms with Crippen LogP contribution in [0.4, 0.5) is 0 Å². The Morgan fingerprint density at radius 3 is 1.13 bits per heavy atom. The monoisotopic (exact) mass is 1020 g/mol. The first-order valence-electron chi connectivity index (χ1n) is 17.5. The van der Waals surface area contributed by atoms with E-state index in [0.29, 0.717) is 60.3 Å². The van der Waals surface area contributed by atoms with E-state index in [0.717, 1.165) is 44.5 Å². The van der Waals surface area contributed by atoms with E-state index in [1.54, 1.807) is 36.4 Å². The van der Waals surface area contributed by atoms with Crippen molar-refractivity contribution in [2.45, 2.75) is 0 Å². The molecule has 304 valence electrons. The third-order valence-corrected chi connectivity index (χ3v) is 12.0. The van der Waals surface area contributed by atoms with E-state index in [2.05, 4.69) is 0 Å². The molecule has 0 amide bonds. The van der Waals surface area contributed by atoms with Crippen molar-refractivity contribution in [1.29, 1.82) is 0 Å². The molecule has 0 atom stereocenters. The van der Waals surface area contributed by atoms with Gasteiger partial charge in [0.25, 0.3) is 0 Å². The first kappa shape index (κ1) is 48.3. The molecule has 0 heterocycles. The molecule has 0 aromatic heterocycles. The Balaban J connectivity index is 0.000000152. The second-order valence-corrected chi connectivity index (χ2v) is 17.5. The second kappa shape index (κ2) is 23.6. The normalized spacial score (nSPS) is 10.3. The van der Waals surface area contributed by atoms with Gasteiger partial charge in [-0.2, -0.15) is 0 Å². The molecule has 0 N–H and O–H groups in total. The van der Waals surface area contributed by atoms with Gasteiger partial charge in [-0.3, -0.25) is 0 Å². The van der Waals surface area contributed by atoms with Crippen molar-refractivity contribution in [3.63, 3.8) is 0 Å². The molecule has 0 bridgehead atoms. The molecule has 0 aliphatic rings. The van der Waals surface area contributed by atoms with E-state index in [9.17, 15) is 0 Å². The predicted molar refractivity (Wildman–Crippen MR) is 268 cm³/mol. The fraction of sp³-hybridized carbons (Fsp3) is 0. The standard InChI is InChI=1S/4C12H7Cl3/c13-9-3-1-8(2-4-9)11-7-10(14)5-6-12(11)15;13-9-3-1-8(2-4-9)11-6-5-10(14)7-12(11)15;13-10-7-12(15)11(14)6-9(10)8-4-2-1-3-5-8;13-9-6-10(12(15)11(14)7-9)8-4-2-1-3-5-8/h4*1-7H. The molecule has 60 heavy (non-hydrogen) atoms. The third kappa shape index (κ3) is 14.1. The van der Waals surface area contributed by atoms with Gasteiger partial charge < -0.3 is 0 Å². The fourth-order valence-corrected chi connectivity index (χ4v) is 7.98. The summed E-state index contributed by atoms with van der Waals surface area (Å²) in [6, 6.07) is 52.3. The molecule has 8 aromatic rings. The molecule has 8 rings (SSSR count). The Labute approximate surface area is 409 Å². The van der Waals surface area contributed by atoms with Crippen molar-refractivity contribution in [2.75, 3.05) is 0 Å². The first-order chi connectivity index (χ1) is 28.7. The van der Waals surface area contributed by atoms with E-state index in [1.165, 1.54) is 0 Å². The maximum absolute atomic E-state index is 6.11. The number of halogens is 12. The van der Waals surface area contributed by atoms with Crippen molar-refractivity contribution < 1.29 is 0 Å². The van der Waals surface area contributed by atoms with Crippen molar-refractivity contribution >= 4 is 139 Å². The van der Waals surface area contributed by atoms with E-state index in [-0.39, 0.29) is 0 Å². The van der Waals surface area contributed by atoms with Gasteiger partial charge in [-0.25, -0.2) is 0 Å². The smallest absolute Gasteiger partial charge is 0.0671 e. The molecule has 0 aliphatic heterocycles. The summed E-state index contributed by atoms with van der Waals surface area (Å²) in [7, 11) is 0. The maximum Gasteiger partial charge on any atom is 0.0671 e. The molecule has 0 radical (unpaired) electrons. The Hall–Kier alpha value is -2.76. The summed E-state index contributed by atoms with van der Waals surface area (Å²) < 4.78 is 0.